The summed E-state index contributed by atoms with van der Waals surface area (Å²) in [6.45, 7) is 2.10. The van der Waals surface area contributed by atoms with Gasteiger partial charge in [0.25, 0.3) is 0 Å². The molecule has 20 heavy (non-hydrogen) atoms. The molecule has 1 heterocycles. The fraction of sp³-hybridized carbons (Fsp3) is 0.500. The lowest BCUT2D eigenvalue weighted by atomic mass is 10.1. The number of hydrogen-bond donors (Lipinski definition) is 1. The van der Waals surface area contributed by atoms with Crippen LogP contribution in [0, 0.1) is 6.92 Å². The third-order valence-corrected chi connectivity index (χ3v) is 7.06. The Bertz CT molecular complexity index is 697. The van der Waals surface area contributed by atoms with Crippen LogP contribution in [0.2, 0.25) is 0 Å². The van der Waals surface area contributed by atoms with Gasteiger partial charge in [-0.3, -0.25) is 0 Å². The van der Waals surface area contributed by atoms with Gasteiger partial charge in [-0.15, -0.1) is 0 Å². The average Bonchev–Trinajstić information content (AvgIpc) is 2.37. The Hall–Kier alpha value is -0.960. The van der Waals surface area contributed by atoms with Crippen LogP contribution in [0.5, 0.6) is 0 Å². The van der Waals surface area contributed by atoms with Gasteiger partial charge in [-0.1, -0.05) is 12.1 Å². The lowest BCUT2D eigenvalue weighted by Gasteiger charge is -2.26. The number of sulfonamides is 1. The van der Waals surface area contributed by atoms with Gasteiger partial charge in [0.05, 0.1) is 16.4 Å². The van der Waals surface area contributed by atoms with E-state index in [2.05, 4.69) is 0 Å². The van der Waals surface area contributed by atoms with Crippen molar-refractivity contribution in [1.82, 2.24) is 4.31 Å². The molecule has 2 N–H and O–H groups in total. The molecule has 0 amide bonds. The Morgan fingerprint density at radius 3 is 2.35 bits per heavy atom. The fourth-order valence-electron chi connectivity index (χ4n) is 2.20. The maximum absolute atomic E-state index is 12.5. The minimum absolute atomic E-state index is 0.0166. The molecule has 1 aliphatic heterocycles. The number of rotatable bonds is 3. The van der Waals surface area contributed by atoms with Crippen molar-refractivity contribution < 1.29 is 16.8 Å². The van der Waals surface area contributed by atoms with Crippen LogP contribution in [-0.2, 0) is 26.4 Å². The minimum atomic E-state index is -3.64. The van der Waals surface area contributed by atoms with Crippen LogP contribution in [0.15, 0.2) is 23.1 Å². The largest absolute Gasteiger partial charge is 0.326 e. The summed E-state index contributed by atoms with van der Waals surface area (Å²) in [5, 5.41) is 0. The number of nitrogens with zero attached hydrogens (tertiary/aromatic N) is 1. The second-order valence-electron chi connectivity index (χ2n) is 4.86. The van der Waals surface area contributed by atoms with E-state index in [1.165, 1.54) is 10.4 Å². The lowest BCUT2D eigenvalue weighted by molar-refractivity contribution is 0.430. The molecule has 0 atom stereocenters. The van der Waals surface area contributed by atoms with E-state index in [-0.39, 0.29) is 29.5 Å². The van der Waals surface area contributed by atoms with E-state index in [0.29, 0.717) is 12.1 Å². The van der Waals surface area contributed by atoms with E-state index in [1.807, 2.05) is 0 Å². The Balaban J connectivity index is 2.32. The number of hydrogen-bond acceptors (Lipinski definition) is 5. The van der Waals surface area contributed by atoms with Gasteiger partial charge in [-0.25, -0.2) is 16.8 Å². The molecule has 8 heteroatoms. The van der Waals surface area contributed by atoms with Gasteiger partial charge in [0.15, 0.2) is 9.84 Å². The Kier molecular flexibility index (Phi) is 4.19. The van der Waals surface area contributed by atoms with Crippen molar-refractivity contribution in [2.75, 3.05) is 24.6 Å². The quantitative estimate of drug-likeness (QED) is 0.837. The first-order valence-corrected chi connectivity index (χ1v) is 9.52. The first-order valence-electron chi connectivity index (χ1n) is 6.26. The molecule has 6 nitrogen and oxygen atoms in total. The average molecular weight is 318 g/mol. The zero-order chi connectivity index (χ0) is 15.0. The third kappa shape index (κ3) is 3.03. The summed E-state index contributed by atoms with van der Waals surface area (Å²) in [5.41, 5.74) is 7.01. The number of aryl methyl sites for hydroxylation is 1. The molecule has 1 saturated heterocycles. The van der Waals surface area contributed by atoms with E-state index in [4.69, 9.17) is 5.73 Å². The Morgan fingerprint density at radius 1 is 1.25 bits per heavy atom. The molecule has 112 valence electrons. The normalized spacial score (nSPS) is 19.9. The van der Waals surface area contributed by atoms with Crippen molar-refractivity contribution in [1.29, 1.82) is 0 Å². The minimum Gasteiger partial charge on any atom is -0.326 e. The maximum Gasteiger partial charge on any atom is 0.243 e. The zero-order valence-electron chi connectivity index (χ0n) is 11.2. The molecule has 0 spiro atoms. The Morgan fingerprint density at radius 2 is 1.85 bits per heavy atom. The van der Waals surface area contributed by atoms with Crippen LogP contribution in [0.4, 0.5) is 0 Å². The molecule has 2 rings (SSSR count). The van der Waals surface area contributed by atoms with Gasteiger partial charge >= 0.3 is 0 Å². The molecule has 0 aliphatic carbocycles. The molecule has 1 fully saturated rings. The predicted octanol–water partition coefficient (Wildman–Crippen LogP) is -0.127. The van der Waals surface area contributed by atoms with E-state index in [1.54, 1.807) is 19.1 Å². The lowest BCUT2D eigenvalue weighted by Crippen LogP contribution is -2.43. The molecule has 0 saturated carbocycles. The summed E-state index contributed by atoms with van der Waals surface area (Å²) < 4.78 is 49.0. The van der Waals surface area contributed by atoms with Crippen LogP contribution in [-0.4, -0.2) is 45.7 Å². The highest BCUT2D eigenvalue weighted by Gasteiger charge is 2.31. The molecule has 0 bridgehead atoms. The highest BCUT2D eigenvalue weighted by atomic mass is 32.2. The maximum atomic E-state index is 12.5. The summed E-state index contributed by atoms with van der Waals surface area (Å²) in [6, 6.07) is 4.96. The molecule has 0 unspecified atom stereocenters. The van der Waals surface area contributed by atoms with Crippen molar-refractivity contribution in [2.45, 2.75) is 18.4 Å². The highest BCUT2D eigenvalue weighted by molar-refractivity contribution is 7.92. The van der Waals surface area contributed by atoms with Crippen molar-refractivity contribution in [3.63, 3.8) is 0 Å². The second kappa shape index (κ2) is 5.44. The first kappa shape index (κ1) is 15.4. The number of benzene rings is 1. The van der Waals surface area contributed by atoms with Crippen LogP contribution >= 0.6 is 0 Å². The molecule has 0 radical (unpaired) electrons. The van der Waals surface area contributed by atoms with E-state index in [0.717, 1.165) is 5.56 Å². The van der Waals surface area contributed by atoms with E-state index in [9.17, 15) is 16.8 Å². The smallest absolute Gasteiger partial charge is 0.243 e. The Labute approximate surface area is 119 Å². The van der Waals surface area contributed by atoms with Crippen LogP contribution in [0.3, 0.4) is 0 Å². The van der Waals surface area contributed by atoms with Gasteiger partial charge in [0, 0.05) is 19.6 Å². The molecule has 1 aliphatic rings. The summed E-state index contributed by atoms with van der Waals surface area (Å²) in [5.74, 6) is -0.238. The molecular weight excluding hydrogens is 300 g/mol. The van der Waals surface area contributed by atoms with Crippen molar-refractivity contribution in [3.05, 3.63) is 29.3 Å². The van der Waals surface area contributed by atoms with Gasteiger partial charge in [0.1, 0.15) is 0 Å². The SMILES string of the molecule is Cc1cc(CN)ccc1S(=O)(=O)N1CCS(=O)(=O)CC1. The number of nitrogens with two attached hydrogens (primary N) is 1. The first-order chi connectivity index (χ1) is 9.26. The molecule has 1 aromatic rings. The van der Waals surface area contributed by atoms with E-state index >= 15 is 0 Å². The fourth-order valence-corrected chi connectivity index (χ4v) is 5.28. The standard InChI is InChI=1S/C12H18N2O4S2/c1-10-8-11(9-13)2-3-12(10)20(17,18)14-4-6-19(15,16)7-5-14/h2-3,8H,4-7,9,13H2,1H3. The third-order valence-electron chi connectivity index (χ3n) is 3.40. The molecular formula is C12H18N2O4S2. The zero-order valence-corrected chi connectivity index (χ0v) is 12.9. The van der Waals surface area contributed by atoms with Crippen molar-refractivity contribution in [2.24, 2.45) is 5.73 Å². The second-order valence-corrected chi connectivity index (χ2v) is 9.07. The predicted molar refractivity (Wildman–Crippen MR) is 76.5 cm³/mol. The molecule has 0 aromatic heterocycles. The summed E-state index contributed by atoms with van der Waals surface area (Å²) in [7, 11) is -6.74. The molecule has 1 aromatic carbocycles. The van der Waals surface area contributed by atoms with Crippen molar-refractivity contribution in [3.8, 4) is 0 Å². The van der Waals surface area contributed by atoms with Gasteiger partial charge in [-0.2, -0.15) is 4.31 Å². The van der Waals surface area contributed by atoms with Gasteiger partial charge in [-0.05, 0) is 24.1 Å². The monoisotopic (exact) mass is 318 g/mol. The van der Waals surface area contributed by atoms with Crippen molar-refractivity contribution >= 4 is 19.9 Å². The van der Waals surface area contributed by atoms with Crippen LogP contribution < -0.4 is 5.73 Å². The van der Waals surface area contributed by atoms with E-state index < -0.39 is 19.9 Å². The summed E-state index contributed by atoms with van der Waals surface area (Å²) in [4.78, 5) is 0.217. The van der Waals surface area contributed by atoms with Gasteiger partial charge < -0.3 is 5.73 Å². The number of sulfone groups is 1. The van der Waals surface area contributed by atoms with Crippen LogP contribution in [0.1, 0.15) is 11.1 Å². The summed E-state index contributed by atoms with van der Waals surface area (Å²) in [6.07, 6.45) is 0. The topological polar surface area (TPSA) is 97.5 Å². The van der Waals surface area contributed by atoms with Gasteiger partial charge in [0.2, 0.25) is 10.0 Å². The van der Waals surface area contributed by atoms with Crippen LogP contribution in [0.25, 0.3) is 0 Å². The highest BCUT2D eigenvalue weighted by Crippen LogP contribution is 2.22. The summed E-state index contributed by atoms with van der Waals surface area (Å²) >= 11 is 0.